The highest BCUT2D eigenvalue weighted by Gasteiger charge is 2.40. The van der Waals surface area contributed by atoms with Crippen molar-refractivity contribution in [2.75, 3.05) is 50.8 Å². The van der Waals surface area contributed by atoms with Crippen molar-refractivity contribution in [3.05, 3.63) is 87.7 Å². The SMILES string of the molecule is Cn1c(=O)n(C2CCC(=O)NC2=O)c2ccc(CCCN3CCOC4(CCN(c5ccc6cn(C7CCC(CNC(=O)c8cc(F)c(O)c(F)c8F)CC7)nc6c5)CC4)C3)cc21. The molecule has 3 aromatic carbocycles. The number of nitrogens with zero attached hydrogens (tertiary/aromatic N) is 6. The molecule has 0 radical (unpaired) electrons. The van der Waals surface area contributed by atoms with Crippen molar-refractivity contribution in [3.63, 3.8) is 0 Å². The van der Waals surface area contributed by atoms with E-state index in [1.54, 1.807) is 11.6 Å². The first-order chi connectivity index (χ1) is 29.9. The number of hydrogen-bond acceptors (Lipinski definition) is 9. The van der Waals surface area contributed by atoms with Gasteiger partial charge in [-0.05, 0) is 112 Å². The molecule has 4 aliphatic rings. The fourth-order valence-corrected chi connectivity index (χ4v) is 9.99. The van der Waals surface area contributed by atoms with E-state index >= 15 is 0 Å². The number of amides is 3. The summed E-state index contributed by atoms with van der Waals surface area (Å²) in [7, 11) is 1.72. The van der Waals surface area contributed by atoms with Crippen molar-refractivity contribution >= 4 is 45.3 Å². The summed E-state index contributed by atoms with van der Waals surface area (Å²) in [6, 6.07) is 12.4. The molecule has 1 saturated carbocycles. The zero-order valence-electron chi connectivity index (χ0n) is 34.7. The van der Waals surface area contributed by atoms with Crippen LogP contribution in [0.5, 0.6) is 5.75 Å². The number of nitrogens with one attached hydrogen (secondary N) is 2. The first kappa shape index (κ1) is 41.7. The maximum absolute atomic E-state index is 14.2. The highest BCUT2D eigenvalue weighted by atomic mass is 19.2. The summed E-state index contributed by atoms with van der Waals surface area (Å²) in [6.07, 6.45) is 9.52. The van der Waals surface area contributed by atoms with Crippen LogP contribution in [0.2, 0.25) is 0 Å². The highest BCUT2D eigenvalue weighted by molar-refractivity contribution is 6.00. The third-order valence-electron chi connectivity index (χ3n) is 13.6. The van der Waals surface area contributed by atoms with Crippen molar-refractivity contribution in [2.24, 2.45) is 13.0 Å². The third kappa shape index (κ3) is 8.07. The lowest BCUT2D eigenvalue weighted by Gasteiger charge is -2.48. The number of carbonyl (C=O) groups is 3. The number of aromatic hydroxyl groups is 1. The van der Waals surface area contributed by atoms with Gasteiger partial charge in [0.1, 0.15) is 6.04 Å². The maximum Gasteiger partial charge on any atom is 0.329 e. The number of fused-ring (bicyclic) bond motifs is 2. The molecule has 1 unspecified atom stereocenters. The van der Waals surface area contributed by atoms with Crippen LogP contribution >= 0.6 is 0 Å². The second-order valence-corrected chi connectivity index (χ2v) is 17.5. The van der Waals surface area contributed by atoms with E-state index in [-0.39, 0.29) is 42.1 Å². The number of phenols is 1. The number of rotatable bonds is 10. The number of benzene rings is 3. The maximum atomic E-state index is 14.2. The van der Waals surface area contributed by atoms with Gasteiger partial charge in [0.2, 0.25) is 17.6 Å². The largest absolute Gasteiger partial charge is 0.503 e. The molecule has 14 nitrogen and oxygen atoms in total. The summed E-state index contributed by atoms with van der Waals surface area (Å²) in [4.78, 5) is 54.9. The van der Waals surface area contributed by atoms with E-state index in [1.165, 1.54) is 4.57 Å². The Morgan fingerprint density at radius 2 is 1.76 bits per heavy atom. The van der Waals surface area contributed by atoms with Crippen LogP contribution in [0.1, 0.15) is 85.8 Å². The minimum Gasteiger partial charge on any atom is -0.503 e. The third-order valence-corrected chi connectivity index (χ3v) is 13.6. The van der Waals surface area contributed by atoms with Crippen LogP contribution in [-0.4, -0.2) is 98.1 Å². The van der Waals surface area contributed by atoms with E-state index in [1.807, 2.05) is 22.9 Å². The van der Waals surface area contributed by atoms with Gasteiger partial charge in [0, 0.05) is 63.5 Å². The minimum absolute atomic E-state index is 0.124. The fraction of sp³-hybridized carbons (Fsp3) is 0.489. The average molecular weight is 857 g/mol. The molecule has 1 spiro atoms. The van der Waals surface area contributed by atoms with Crippen LogP contribution in [0.15, 0.2) is 53.5 Å². The fourth-order valence-electron chi connectivity index (χ4n) is 9.99. The molecule has 3 N–H and O–H groups in total. The van der Waals surface area contributed by atoms with Gasteiger partial charge in [0.25, 0.3) is 5.91 Å². The molecule has 3 amide bonds. The van der Waals surface area contributed by atoms with Crippen LogP contribution in [0.3, 0.4) is 0 Å². The van der Waals surface area contributed by atoms with Crippen LogP contribution in [0.25, 0.3) is 21.9 Å². The first-order valence-electron chi connectivity index (χ1n) is 21.6. The molecule has 0 bridgehead atoms. The summed E-state index contributed by atoms with van der Waals surface area (Å²) < 4.78 is 53.3. The molecule has 3 aliphatic heterocycles. The van der Waals surface area contributed by atoms with Gasteiger partial charge in [-0.25, -0.2) is 13.6 Å². The number of halogens is 3. The van der Waals surface area contributed by atoms with E-state index in [2.05, 4.69) is 44.8 Å². The van der Waals surface area contributed by atoms with Crippen LogP contribution in [0.4, 0.5) is 18.9 Å². The van der Waals surface area contributed by atoms with Gasteiger partial charge in [-0.3, -0.25) is 38.4 Å². The number of phenolic OH excluding ortho intramolecular Hbond substituents is 1. The number of imidazole rings is 1. The Bertz CT molecular complexity index is 2610. The molecule has 3 saturated heterocycles. The second-order valence-electron chi connectivity index (χ2n) is 17.5. The molecule has 1 aliphatic carbocycles. The molecular formula is C45H51F3N8O6. The van der Waals surface area contributed by atoms with Crippen molar-refractivity contribution in [2.45, 2.75) is 81.9 Å². The zero-order chi connectivity index (χ0) is 43.3. The molecule has 328 valence electrons. The standard InChI is InChI=1S/C45H51F3N8O6/c1-52-37-21-27(6-11-35(37)56(44(52)61)36-12-13-38(57)50-43(36)60)3-2-16-53-19-20-62-45(26-53)14-17-54(18-15-45)31-10-7-29-25-55(51-34(29)22-31)30-8-4-28(5-9-30)24-49-42(59)32-23-33(46)41(58)40(48)39(32)47/h6-7,10-11,21-23,25,28,30,36,58H,2-5,8-9,12-20,24,26H2,1H3,(H,49,59)(H,50,57,60). The number of anilines is 1. The summed E-state index contributed by atoms with van der Waals surface area (Å²) >= 11 is 0. The molecule has 17 heteroatoms. The molecule has 62 heavy (non-hydrogen) atoms. The van der Waals surface area contributed by atoms with E-state index in [0.29, 0.717) is 24.6 Å². The van der Waals surface area contributed by atoms with Crippen LogP contribution < -0.4 is 21.2 Å². The summed E-state index contributed by atoms with van der Waals surface area (Å²) in [6.45, 7) is 5.41. The van der Waals surface area contributed by atoms with Crippen LogP contribution in [-0.2, 0) is 27.8 Å². The Hall–Kier alpha value is -5.68. The predicted molar refractivity (Wildman–Crippen MR) is 225 cm³/mol. The van der Waals surface area contributed by atoms with Crippen molar-refractivity contribution in [1.29, 1.82) is 0 Å². The Kier molecular flexibility index (Phi) is 11.3. The number of carbonyl (C=O) groups excluding carboxylic acids is 3. The van der Waals surface area contributed by atoms with Crippen molar-refractivity contribution in [1.82, 2.24) is 34.4 Å². The summed E-state index contributed by atoms with van der Waals surface area (Å²) in [5, 5.41) is 20.3. The number of morpholine rings is 1. The second kappa shape index (κ2) is 16.9. The Labute approximate surface area is 355 Å². The van der Waals surface area contributed by atoms with Gasteiger partial charge >= 0.3 is 5.69 Å². The molecule has 9 rings (SSSR count). The van der Waals surface area contributed by atoms with Crippen molar-refractivity contribution < 1.29 is 37.4 Å². The lowest BCUT2D eigenvalue weighted by atomic mass is 9.86. The normalized spacial score (nSPS) is 22.1. The average Bonchev–Trinajstić information content (AvgIpc) is 3.81. The monoisotopic (exact) mass is 856 g/mol. The number of ether oxygens (including phenoxy) is 1. The highest BCUT2D eigenvalue weighted by Crippen LogP contribution is 2.36. The summed E-state index contributed by atoms with van der Waals surface area (Å²) in [5.74, 6) is -7.74. The number of aromatic nitrogens is 4. The molecule has 1 atom stereocenters. The van der Waals surface area contributed by atoms with Gasteiger partial charge in [0.05, 0.1) is 40.4 Å². The molecule has 2 aromatic heterocycles. The Morgan fingerprint density at radius 3 is 2.53 bits per heavy atom. The predicted octanol–water partition coefficient (Wildman–Crippen LogP) is 5.26. The zero-order valence-corrected chi connectivity index (χ0v) is 34.7. The van der Waals surface area contributed by atoms with Gasteiger partial charge in [-0.15, -0.1) is 0 Å². The topological polar surface area (TPSA) is 156 Å². The number of piperidine rings is 2. The Balaban J connectivity index is 0.747. The van der Waals surface area contributed by atoms with Gasteiger partial charge in [-0.1, -0.05) is 6.07 Å². The Morgan fingerprint density at radius 1 is 0.968 bits per heavy atom. The number of aryl methyl sites for hydroxylation is 2. The molecule has 5 heterocycles. The smallest absolute Gasteiger partial charge is 0.329 e. The lowest BCUT2D eigenvalue weighted by Crippen LogP contribution is -2.57. The van der Waals surface area contributed by atoms with E-state index in [9.17, 15) is 37.5 Å². The van der Waals surface area contributed by atoms with Crippen molar-refractivity contribution in [3.8, 4) is 5.75 Å². The summed E-state index contributed by atoms with van der Waals surface area (Å²) in [5.41, 5.74) is 3.44. The van der Waals surface area contributed by atoms with E-state index in [4.69, 9.17) is 9.84 Å². The minimum atomic E-state index is -1.78. The molecular weight excluding hydrogens is 806 g/mol. The van der Waals surface area contributed by atoms with Gasteiger partial charge in [0.15, 0.2) is 17.4 Å². The van der Waals surface area contributed by atoms with Crippen LogP contribution in [0, 0.1) is 23.4 Å². The van der Waals surface area contributed by atoms with Gasteiger partial charge in [-0.2, -0.15) is 9.49 Å². The lowest BCUT2D eigenvalue weighted by molar-refractivity contribution is -0.135. The molecule has 4 fully saturated rings. The first-order valence-corrected chi connectivity index (χ1v) is 21.6. The van der Waals surface area contributed by atoms with Gasteiger partial charge < -0.3 is 20.1 Å². The molecule has 5 aromatic rings. The van der Waals surface area contributed by atoms with E-state index < -0.39 is 46.6 Å². The number of hydrogen-bond donors (Lipinski definition) is 3. The quantitative estimate of drug-likeness (QED) is 0.126. The number of imide groups is 1. The van der Waals surface area contributed by atoms with E-state index in [0.717, 1.165) is 112 Å².